The van der Waals surface area contributed by atoms with Crippen LogP contribution in [0.1, 0.15) is 11.1 Å². The lowest BCUT2D eigenvalue weighted by atomic mass is 10.2. The van der Waals surface area contributed by atoms with Crippen LogP contribution in [0, 0.1) is 6.92 Å². The van der Waals surface area contributed by atoms with Crippen LogP contribution in [0.2, 0.25) is 18.1 Å². The number of halogens is 1. The van der Waals surface area contributed by atoms with Gasteiger partial charge in [0.1, 0.15) is 11.5 Å². The van der Waals surface area contributed by atoms with Gasteiger partial charge in [-0.3, -0.25) is 0 Å². The van der Waals surface area contributed by atoms with E-state index in [1.54, 1.807) is 18.9 Å². The molecule has 2 nitrogen and oxygen atoms in total. The second-order valence-electron chi connectivity index (χ2n) is 5.33. The van der Waals surface area contributed by atoms with Gasteiger partial charge in [0, 0.05) is 15.7 Å². The average Bonchev–Trinajstić information content (AvgIpc) is 2.49. The molecule has 2 aromatic rings. The van der Waals surface area contributed by atoms with Crippen LogP contribution in [0.15, 0.2) is 41.3 Å². The van der Waals surface area contributed by atoms with Gasteiger partial charge in [0.05, 0.1) is 7.11 Å². The fourth-order valence-corrected chi connectivity index (χ4v) is 3.99. The lowest BCUT2D eigenvalue weighted by Crippen LogP contribution is -2.11. The number of hydrogen-bond donors (Lipinski definition) is 0. The molecule has 0 aliphatic heterocycles. The van der Waals surface area contributed by atoms with Crippen molar-refractivity contribution in [2.75, 3.05) is 7.11 Å². The highest BCUT2D eigenvalue weighted by Crippen LogP contribution is 2.34. The summed E-state index contributed by atoms with van der Waals surface area (Å²) in [4.78, 5) is 1.17. The third kappa shape index (κ3) is 4.70. The summed E-state index contributed by atoms with van der Waals surface area (Å²) in [5.74, 6) is 2.66. The molecule has 0 aliphatic rings. The maximum Gasteiger partial charge on any atom is 0.229 e. The van der Waals surface area contributed by atoms with Gasteiger partial charge in [-0.2, -0.15) is 0 Å². The minimum absolute atomic E-state index is 0.768. The molecule has 2 aromatic carbocycles. The van der Waals surface area contributed by atoms with E-state index in [2.05, 4.69) is 38.2 Å². The van der Waals surface area contributed by atoms with Crippen LogP contribution >= 0.6 is 23.4 Å². The van der Waals surface area contributed by atoms with Gasteiger partial charge < -0.3 is 9.16 Å². The molecule has 0 heterocycles. The Bertz CT molecular complexity index is 629. The Morgan fingerprint density at radius 2 is 1.77 bits per heavy atom. The van der Waals surface area contributed by atoms with E-state index in [4.69, 9.17) is 20.8 Å². The Labute approximate surface area is 143 Å². The van der Waals surface area contributed by atoms with Gasteiger partial charge in [0.2, 0.25) is 9.04 Å². The molecular weight excluding hydrogens is 332 g/mol. The highest BCUT2D eigenvalue weighted by molar-refractivity contribution is 7.98. The Morgan fingerprint density at radius 3 is 2.36 bits per heavy atom. The summed E-state index contributed by atoms with van der Waals surface area (Å²) < 4.78 is 11.1. The molecule has 0 bridgehead atoms. The summed E-state index contributed by atoms with van der Waals surface area (Å²) in [7, 11) is 0.554. The molecule has 0 amide bonds. The van der Waals surface area contributed by atoms with Crippen molar-refractivity contribution < 1.29 is 9.16 Å². The smallest absolute Gasteiger partial charge is 0.229 e. The van der Waals surface area contributed by atoms with E-state index in [-0.39, 0.29) is 0 Å². The number of methoxy groups -OCH3 is 1. The van der Waals surface area contributed by atoms with Gasteiger partial charge in [-0.1, -0.05) is 23.7 Å². The van der Waals surface area contributed by atoms with Crippen molar-refractivity contribution in [2.24, 2.45) is 0 Å². The number of ether oxygens (including phenoxy) is 1. The molecule has 0 spiro atoms. The predicted octanol–water partition coefficient (Wildman–Crippen LogP) is 5.31. The largest absolute Gasteiger partial charge is 0.547 e. The molecule has 0 saturated carbocycles. The van der Waals surface area contributed by atoms with Crippen LogP contribution in [0.5, 0.6) is 11.5 Å². The Morgan fingerprint density at radius 1 is 1.09 bits per heavy atom. The third-order valence-electron chi connectivity index (χ3n) is 3.20. The first kappa shape index (κ1) is 17.3. The molecule has 0 saturated heterocycles. The standard InChI is InChI=1S/C17H21ClO2SSi/c1-12-16(18)9-15(20-22(3)4)10-17(12)21-11-13-5-7-14(19-2)8-6-13/h5-10,22H,11H2,1-4H3. The van der Waals surface area contributed by atoms with Gasteiger partial charge in [0.15, 0.2) is 0 Å². The Hall–Kier alpha value is -1.10. The van der Waals surface area contributed by atoms with E-state index in [1.165, 1.54) is 10.5 Å². The van der Waals surface area contributed by atoms with E-state index in [0.717, 1.165) is 27.8 Å². The molecule has 118 valence electrons. The molecule has 0 atom stereocenters. The third-order valence-corrected chi connectivity index (χ3v) is 5.54. The van der Waals surface area contributed by atoms with Gasteiger partial charge in [0.25, 0.3) is 0 Å². The van der Waals surface area contributed by atoms with E-state index in [9.17, 15) is 0 Å². The number of thioether (sulfide) groups is 1. The van der Waals surface area contributed by atoms with Crippen LogP contribution in [0.25, 0.3) is 0 Å². The van der Waals surface area contributed by atoms with Gasteiger partial charge in [-0.25, -0.2) is 0 Å². The van der Waals surface area contributed by atoms with Crippen LogP contribution in [0.4, 0.5) is 0 Å². The second kappa shape index (κ2) is 7.95. The zero-order valence-electron chi connectivity index (χ0n) is 13.4. The molecule has 0 unspecified atom stereocenters. The van der Waals surface area contributed by atoms with Crippen LogP contribution in [-0.4, -0.2) is 16.2 Å². The first-order valence-corrected chi connectivity index (χ1v) is 11.4. The molecule has 0 fully saturated rings. The normalized spacial score (nSPS) is 10.8. The topological polar surface area (TPSA) is 18.5 Å². The van der Waals surface area contributed by atoms with Crippen LogP contribution in [0.3, 0.4) is 0 Å². The summed E-state index contributed by atoms with van der Waals surface area (Å²) in [6.45, 7) is 6.35. The first-order chi connectivity index (χ1) is 10.5. The molecule has 2 rings (SSSR count). The van der Waals surface area contributed by atoms with Crippen molar-refractivity contribution in [2.45, 2.75) is 30.7 Å². The Balaban J connectivity index is 2.12. The molecule has 5 heteroatoms. The van der Waals surface area contributed by atoms with E-state index in [0.29, 0.717) is 0 Å². The number of benzene rings is 2. The van der Waals surface area contributed by atoms with Crippen molar-refractivity contribution in [3.63, 3.8) is 0 Å². The van der Waals surface area contributed by atoms with Crippen LogP contribution in [-0.2, 0) is 5.75 Å². The zero-order valence-corrected chi connectivity index (χ0v) is 16.1. The van der Waals surface area contributed by atoms with E-state index < -0.39 is 9.04 Å². The highest BCUT2D eigenvalue weighted by Gasteiger charge is 2.09. The quantitative estimate of drug-likeness (QED) is 0.518. The van der Waals surface area contributed by atoms with Crippen molar-refractivity contribution in [1.82, 2.24) is 0 Å². The monoisotopic (exact) mass is 352 g/mol. The van der Waals surface area contributed by atoms with Gasteiger partial charge in [-0.05, 0) is 55.4 Å². The fourth-order valence-electron chi connectivity index (χ4n) is 2.00. The molecule has 22 heavy (non-hydrogen) atoms. The summed E-state index contributed by atoms with van der Waals surface area (Å²) in [5, 5.41) is 0.768. The summed E-state index contributed by atoms with van der Waals surface area (Å²) >= 11 is 8.11. The molecular formula is C17H21ClO2SSi. The van der Waals surface area contributed by atoms with Crippen molar-refractivity contribution in [1.29, 1.82) is 0 Å². The van der Waals surface area contributed by atoms with Crippen molar-refractivity contribution in [3.8, 4) is 11.5 Å². The van der Waals surface area contributed by atoms with Crippen LogP contribution < -0.4 is 9.16 Å². The highest BCUT2D eigenvalue weighted by atomic mass is 35.5. The minimum atomic E-state index is -1.12. The van der Waals surface area contributed by atoms with Crippen molar-refractivity contribution in [3.05, 3.63) is 52.5 Å². The average molecular weight is 353 g/mol. The SMILES string of the molecule is COc1ccc(CSc2cc(O[SiH](C)C)cc(Cl)c2C)cc1. The lowest BCUT2D eigenvalue weighted by molar-refractivity contribution is 0.414. The fraction of sp³-hybridized carbons (Fsp3) is 0.294. The first-order valence-electron chi connectivity index (χ1n) is 7.22. The summed E-state index contributed by atoms with van der Waals surface area (Å²) in [5.41, 5.74) is 2.36. The molecule has 0 aromatic heterocycles. The molecule has 0 radical (unpaired) electrons. The maximum absolute atomic E-state index is 6.33. The molecule has 0 N–H and O–H groups in total. The lowest BCUT2D eigenvalue weighted by Gasteiger charge is -2.14. The van der Waals surface area contributed by atoms with E-state index in [1.807, 2.05) is 18.2 Å². The number of rotatable bonds is 6. The summed E-state index contributed by atoms with van der Waals surface area (Å²) in [6, 6.07) is 12.2. The second-order valence-corrected chi connectivity index (χ2v) is 9.09. The maximum atomic E-state index is 6.33. The zero-order chi connectivity index (χ0) is 16.1. The van der Waals surface area contributed by atoms with E-state index >= 15 is 0 Å². The summed E-state index contributed by atoms with van der Waals surface area (Å²) in [6.07, 6.45) is 0. The number of hydrogen-bond acceptors (Lipinski definition) is 3. The Kier molecular flexibility index (Phi) is 6.23. The minimum Gasteiger partial charge on any atom is -0.547 e. The van der Waals surface area contributed by atoms with Gasteiger partial charge >= 0.3 is 0 Å². The predicted molar refractivity (Wildman–Crippen MR) is 98.2 cm³/mol. The van der Waals surface area contributed by atoms with Gasteiger partial charge in [-0.15, -0.1) is 11.8 Å². The van der Waals surface area contributed by atoms with Crippen molar-refractivity contribution >= 4 is 32.4 Å². The molecule has 0 aliphatic carbocycles.